The molecule has 9 nitrogen and oxygen atoms in total. The van der Waals surface area contributed by atoms with Crippen LogP contribution in [-0.2, 0) is 29.3 Å². The summed E-state index contributed by atoms with van der Waals surface area (Å²) >= 11 is 0. The number of methoxy groups -OCH3 is 2. The zero-order chi connectivity index (χ0) is 27.7. The van der Waals surface area contributed by atoms with Crippen molar-refractivity contribution in [1.29, 1.82) is 5.26 Å². The number of hydrogen-bond acceptors (Lipinski definition) is 7. The van der Waals surface area contributed by atoms with Gasteiger partial charge in [-0.3, -0.25) is 9.59 Å². The first-order valence-electron chi connectivity index (χ1n) is 12.1. The van der Waals surface area contributed by atoms with Crippen molar-refractivity contribution >= 4 is 35.3 Å². The van der Waals surface area contributed by atoms with Crippen molar-refractivity contribution in [2.24, 2.45) is 5.92 Å². The summed E-state index contributed by atoms with van der Waals surface area (Å²) in [6.07, 6.45) is 1.43. The molecule has 3 atom stereocenters. The maximum absolute atomic E-state index is 14.4. The van der Waals surface area contributed by atoms with Crippen LogP contribution in [-0.4, -0.2) is 38.1 Å². The van der Waals surface area contributed by atoms with Crippen LogP contribution in [0.25, 0.3) is 0 Å². The second-order valence-electron chi connectivity index (χ2n) is 9.13. The number of anilines is 2. The van der Waals surface area contributed by atoms with Crippen molar-refractivity contribution in [3.8, 4) is 6.07 Å². The molecule has 5 rings (SSSR count). The second-order valence-corrected chi connectivity index (χ2v) is 9.13. The molecule has 194 valence electrons. The van der Waals surface area contributed by atoms with Crippen molar-refractivity contribution in [3.05, 3.63) is 107 Å². The van der Waals surface area contributed by atoms with Crippen LogP contribution in [0.1, 0.15) is 22.6 Å². The molecule has 0 radical (unpaired) electrons. The number of carbonyl (C=O) groups excluding carboxylic acids is 4. The summed E-state index contributed by atoms with van der Waals surface area (Å²) in [7, 11) is 2.41. The summed E-state index contributed by atoms with van der Waals surface area (Å²) < 4.78 is 10.2. The summed E-state index contributed by atoms with van der Waals surface area (Å²) in [5, 5.41) is 12.0. The highest BCUT2D eigenvalue weighted by Crippen LogP contribution is 2.58. The Morgan fingerprint density at radius 3 is 2.23 bits per heavy atom. The van der Waals surface area contributed by atoms with Crippen LogP contribution in [0, 0.1) is 17.2 Å². The topological polar surface area (TPSA) is 126 Å². The van der Waals surface area contributed by atoms with Crippen molar-refractivity contribution in [1.82, 2.24) is 0 Å². The minimum absolute atomic E-state index is 0.0751. The fourth-order valence-corrected chi connectivity index (χ4v) is 5.53. The first-order chi connectivity index (χ1) is 18.9. The van der Waals surface area contributed by atoms with Gasteiger partial charge in [-0.2, -0.15) is 5.26 Å². The fourth-order valence-electron chi connectivity index (χ4n) is 5.53. The van der Waals surface area contributed by atoms with Crippen molar-refractivity contribution in [2.45, 2.75) is 11.3 Å². The molecule has 3 aromatic carbocycles. The monoisotopic (exact) mass is 521 g/mol. The standard InChI is InChI=1S/C30H23N3O6/c1-38-26(34)21-16-30(25(27(35)39-2)24(21)19-14-12-18(17-31)13-15-19)22-10-6-7-11-23(22)33(28(30)36)29(37)32-20-8-4-3-5-9-20/h3-16,24-25H,1-2H3,(H,32,37)/t24-,25-,30-/m1/s1. The van der Waals surface area contributed by atoms with Crippen LogP contribution >= 0.6 is 0 Å². The minimum Gasteiger partial charge on any atom is -0.469 e. The molecular weight excluding hydrogens is 498 g/mol. The number of para-hydroxylation sites is 2. The van der Waals surface area contributed by atoms with E-state index in [2.05, 4.69) is 5.32 Å². The van der Waals surface area contributed by atoms with Crippen LogP contribution in [0.5, 0.6) is 0 Å². The van der Waals surface area contributed by atoms with E-state index in [9.17, 15) is 24.4 Å². The molecule has 0 saturated heterocycles. The summed E-state index contributed by atoms with van der Waals surface area (Å²) in [6.45, 7) is 0. The lowest BCUT2D eigenvalue weighted by molar-refractivity contribution is -0.150. The number of nitriles is 1. The van der Waals surface area contributed by atoms with Crippen LogP contribution in [0.4, 0.5) is 16.2 Å². The van der Waals surface area contributed by atoms with E-state index < -0.39 is 41.1 Å². The molecule has 0 unspecified atom stereocenters. The molecule has 0 bridgehead atoms. The van der Waals surface area contributed by atoms with Crippen LogP contribution in [0.3, 0.4) is 0 Å². The Balaban J connectivity index is 1.71. The van der Waals surface area contributed by atoms with E-state index in [0.29, 0.717) is 22.4 Å². The van der Waals surface area contributed by atoms with Crippen LogP contribution in [0.2, 0.25) is 0 Å². The first-order valence-corrected chi connectivity index (χ1v) is 12.1. The molecule has 0 aromatic heterocycles. The molecule has 1 aliphatic heterocycles. The summed E-state index contributed by atoms with van der Waals surface area (Å²) in [4.78, 5) is 55.5. The second kappa shape index (κ2) is 9.91. The van der Waals surface area contributed by atoms with Crippen molar-refractivity contribution in [3.63, 3.8) is 0 Å². The normalized spacial score (nSPS) is 21.1. The molecule has 3 amide bonds. The molecule has 2 aliphatic rings. The average molecular weight is 522 g/mol. The Morgan fingerprint density at radius 1 is 0.923 bits per heavy atom. The SMILES string of the molecule is COC(=O)C1=C[C@]2(C(=O)N(C(=O)Nc3ccccc3)c3ccccc32)[C@@H](C(=O)OC)[C@@H]1c1ccc(C#N)cc1. The highest BCUT2D eigenvalue weighted by Gasteiger charge is 2.65. The van der Waals surface area contributed by atoms with Crippen molar-refractivity contribution < 1.29 is 28.7 Å². The van der Waals surface area contributed by atoms with Gasteiger partial charge >= 0.3 is 18.0 Å². The number of amides is 3. The van der Waals surface area contributed by atoms with Crippen LogP contribution in [0.15, 0.2) is 90.5 Å². The number of benzene rings is 3. The van der Waals surface area contributed by atoms with E-state index in [1.165, 1.54) is 20.3 Å². The van der Waals surface area contributed by atoms with Gasteiger partial charge in [0.25, 0.3) is 5.91 Å². The van der Waals surface area contributed by atoms with E-state index in [1.54, 1.807) is 78.9 Å². The lowest BCUT2D eigenvalue weighted by atomic mass is 9.69. The van der Waals surface area contributed by atoms with Crippen molar-refractivity contribution in [2.75, 3.05) is 24.4 Å². The molecule has 1 aliphatic carbocycles. The highest BCUT2D eigenvalue weighted by atomic mass is 16.5. The lowest BCUT2D eigenvalue weighted by Gasteiger charge is -2.31. The van der Waals surface area contributed by atoms with Gasteiger partial charge in [0, 0.05) is 17.2 Å². The predicted octanol–water partition coefficient (Wildman–Crippen LogP) is 4.06. The van der Waals surface area contributed by atoms with Gasteiger partial charge in [0.2, 0.25) is 0 Å². The molecule has 39 heavy (non-hydrogen) atoms. The van der Waals surface area contributed by atoms with Gasteiger partial charge in [0.15, 0.2) is 0 Å². The van der Waals surface area contributed by atoms with E-state index >= 15 is 0 Å². The zero-order valence-corrected chi connectivity index (χ0v) is 21.1. The fraction of sp³-hybridized carbons (Fsp3) is 0.167. The molecule has 0 fully saturated rings. The highest BCUT2D eigenvalue weighted by molar-refractivity contribution is 6.27. The molecule has 0 saturated carbocycles. The zero-order valence-electron chi connectivity index (χ0n) is 21.1. The maximum Gasteiger partial charge on any atom is 0.334 e. The van der Waals surface area contributed by atoms with Crippen LogP contribution < -0.4 is 10.2 Å². The van der Waals surface area contributed by atoms with E-state index in [4.69, 9.17) is 9.47 Å². The quantitative estimate of drug-likeness (QED) is 0.513. The number of ether oxygens (including phenoxy) is 2. The number of esters is 2. The molecule has 1 heterocycles. The predicted molar refractivity (Wildman–Crippen MR) is 141 cm³/mol. The Kier molecular flexibility index (Phi) is 6.46. The molecular formula is C30H23N3O6. The number of carbonyl (C=O) groups is 4. The largest absolute Gasteiger partial charge is 0.469 e. The number of hydrogen-bond donors (Lipinski definition) is 1. The van der Waals surface area contributed by atoms with Gasteiger partial charge in [-0.1, -0.05) is 54.6 Å². The molecule has 9 heteroatoms. The Labute approximate surface area is 224 Å². The van der Waals surface area contributed by atoms with E-state index in [0.717, 1.165) is 4.90 Å². The summed E-state index contributed by atoms with van der Waals surface area (Å²) in [5.74, 6) is -4.37. The smallest absolute Gasteiger partial charge is 0.334 e. The van der Waals surface area contributed by atoms with Gasteiger partial charge in [0.1, 0.15) is 5.41 Å². The summed E-state index contributed by atoms with van der Waals surface area (Å²) in [6, 6.07) is 23.0. The number of urea groups is 1. The number of nitrogens with zero attached hydrogens (tertiary/aromatic N) is 2. The maximum atomic E-state index is 14.4. The third-order valence-electron chi connectivity index (χ3n) is 7.19. The number of fused-ring (bicyclic) bond motifs is 2. The van der Waals surface area contributed by atoms with Gasteiger partial charge in [0.05, 0.1) is 37.5 Å². The number of imide groups is 1. The molecule has 3 aromatic rings. The van der Waals surface area contributed by atoms with Gasteiger partial charge < -0.3 is 14.8 Å². The average Bonchev–Trinajstić information content (AvgIpc) is 3.46. The third kappa shape index (κ3) is 3.94. The Hall–Kier alpha value is -5.23. The molecule has 1 spiro atoms. The summed E-state index contributed by atoms with van der Waals surface area (Å²) in [5.41, 5.74) is 0.375. The Bertz CT molecular complexity index is 1560. The lowest BCUT2D eigenvalue weighted by Crippen LogP contribution is -2.49. The van der Waals surface area contributed by atoms with Gasteiger partial charge in [-0.25, -0.2) is 14.5 Å². The number of rotatable bonds is 4. The van der Waals surface area contributed by atoms with Gasteiger partial charge in [-0.15, -0.1) is 0 Å². The first kappa shape index (κ1) is 25.4. The molecule has 1 N–H and O–H groups in total. The van der Waals surface area contributed by atoms with Gasteiger partial charge in [-0.05, 0) is 41.5 Å². The van der Waals surface area contributed by atoms with E-state index in [-0.39, 0.29) is 11.3 Å². The van der Waals surface area contributed by atoms with E-state index in [1.807, 2.05) is 6.07 Å². The minimum atomic E-state index is -1.74. The Morgan fingerprint density at radius 2 is 1.59 bits per heavy atom. The number of nitrogens with one attached hydrogen (secondary N) is 1. The third-order valence-corrected chi connectivity index (χ3v) is 7.19.